The predicted molar refractivity (Wildman–Crippen MR) is 64.5 cm³/mol. The Morgan fingerprint density at radius 1 is 1.44 bits per heavy atom. The van der Waals surface area contributed by atoms with E-state index in [0.29, 0.717) is 12.6 Å². The van der Waals surface area contributed by atoms with Crippen LogP contribution in [0, 0.1) is 0 Å². The summed E-state index contributed by atoms with van der Waals surface area (Å²) in [6.45, 7) is 7.41. The van der Waals surface area contributed by atoms with E-state index in [4.69, 9.17) is 4.74 Å². The van der Waals surface area contributed by atoms with Crippen LogP contribution in [0.3, 0.4) is 0 Å². The van der Waals surface area contributed by atoms with Crippen LogP contribution in [0.15, 0.2) is 0 Å². The van der Waals surface area contributed by atoms with Gasteiger partial charge in [-0.15, -0.1) is 0 Å². The molecule has 1 saturated heterocycles. The van der Waals surface area contributed by atoms with Crippen LogP contribution in [0.2, 0.25) is 0 Å². The number of amides is 1. The Kier molecular flexibility index (Phi) is 5.06. The maximum atomic E-state index is 11.3. The molecule has 1 heterocycles. The van der Waals surface area contributed by atoms with Crippen molar-refractivity contribution in [3.8, 4) is 0 Å². The number of carbonyl (C=O) groups excluding carboxylic acids is 1. The number of piperidine rings is 1. The van der Waals surface area contributed by atoms with Gasteiger partial charge in [0.1, 0.15) is 5.60 Å². The molecule has 1 amide bonds. The first kappa shape index (κ1) is 13.3. The Hall–Kier alpha value is -0.770. The summed E-state index contributed by atoms with van der Waals surface area (Å²) >= 11 is 0. The lowest BCUT2D eigenvalue weighted by Crippen LogP contribution is -2.38. The third-order valence-electron chi connectivity index (χ3n) is 2.57. The highest BCUT2D eigenvalue weighted by atomic mass is 16.6. The van der Waals surface area contributed by atoms with Crippen LogP contribution < -0.4 is 10.6 Å². The molecule has 94 valence electrons. The van der Waals surface area contributed by atoms with Crippen LogP contribution >= 0.6 is 0 Å². The Labute approximate surface area is 98.1 Å². The lowest BCUT2D eigenvalue weighted by molar-refractivity contribution is 0.0525. The van der Waals surface area contributed by atoms with E-state index >= 15 is 0 Å². The molecule has 16 heavy (non-hydrogen) atoms. The second-order valence-electron chi connectivity index (χ2n) is 5.36. The summed E-state index contributed by atoms with van der Waals surface area (Å²) < 4.78 is 5.16. The standard InChI is InChI=1S/C12H24N2O2/c1-12(2,3)16-11(15)14-9-7-10-6-4-5-8-13-10/h10,13H,4-9H2,1-3H3,(H,14,15). The SMILES string of the molecule is CC(C)(C)OC(=O)NCCC1CCCCN1. The number of alkyl carbamates (subject to hydrolysis) is 1. The monoisotopic (exact) mass is 228 g/mol. The molecule has 1 unspecified atom stereocenters. The first-order valence-electron chi connectivity index (χ1n) is 6.17. The van der Waals surface area contributed by atoms with Crippen LogP contribution in [0.5, 0.6) is 0 Å². The minimum absolute atomic E-state index is 0.316. The molecule has 1 rings (SSSR count). The summed E-state index contributed by atoms with van der Waals surface area (Å²) in [6.07, 6.45) is 4.46. The molecule has 1 aliphatic rings. The van der Waals surface area contributed by atoms with Gasteiger partial charge in [0.05, 0.1) is 0 Å². The number of hydrogen-bond donors (Lipinski definition) is 2. The second-order valence-corrected chi connectivity index (χ2v) is 5.36. The molecule has 4 nitrogen and oxygen atoms in total. The quantitative estimate of drug-likeness (QED) is 0.777. The summed E-state index contributed by atoms with van der Waals surface area (Å²) in [5, 5.41) is 6.23. The molecule has 0 aromatic heterocycles. The topological polar surface area (TPSA) is 50.4 Å². The largest absolute Gasteiger partial charge is 0.444 e. The van der Waals surface area contributed by atoms with Crippen molar-refractivity contribution in [2.24, 2.45) is 0 Å². The Morgan fingerprint density at radius 3 is 2.75 bits per heavy atom. The molecule has 0 aliphatic carbocycles. The maximum Gasteiger partial charge on any atom is 0.407 e. The third-order valence-corrected chi connectivity index (χ3v) is 2.57. The van der Waals surface area contributed by atoms with E-state index in [1.165, 1.54) is 19.3 Å². The first-order chi connectivity index (χ1) is 7.47. The molecule has 1 fully saturated rings. The summed E-state index contributed by atoms with van der Waals surface area (Å²) in [4.78, 5) is 11.3. The van der Waals surface area contributed by atoms with E-state index in [9.17, 15) is 4.79 Å². The van der Waals surface area contributed by atoms with Crippen molar-refractivity contribution >= 4 is 6.09 Å². The molecule has 1 aliphatic heterocycles. The molecule has 0 aromatic rings. The van der Waals surface area contributed by atoms with Gasteiger partial charge in [-0.05, 0) is 46.6 Å². The van der Waals surface area contributed by atoms with Gasteiger partial charge < -0.3 is 15.4 Å². The van der Waals surface area contributed by atoms with Gasteiger partial charge in [0.15, 0.2) is 0 Å². The average molecular weight is 228 g/mol. The predicted octanol–water partition coefficient (Wildman–Crippen LogP) is 2.04. The van der Waals surface area contributed by atoms with Crippen LogP contribution in [0.1, 0.15) is 46.5 Å². The zero-order chi connectivity index (χ0) is 12.0. The highest BCUT2D eigenvalue weighted by Crippen LogP contribution is 2.10. The van der Waals surface area contributed by atoms with Gasteiger partial charge in [0, 0.05) is 12.6 Å². The first-order valence-corrected chi connectivity index (χ1v) is 6.17. The van der Waals surface area contributed by atoms with E-state index in [-0.39, 0.29) is 6.09 Å². The van der Waals surface area contributed by atoms with Gasteiger partial charge in [-0.3, -0.25) is 0 Å². The van der Waals surface area contributed by atoms with Gasteiger partial charge in [-0.25, -0.2) is 4.79 Å². The van der Waals surface area contributed by atoms with Crippen LogP contribution in [-0.4, -0.2) is 30.8 Å². The highest BCUT2D eigenvalue weighted by molar-refractivity contribution is 5.67. The maximum absolute atomic E-state index is 11.3. The number of carbonyl (C=O) groups is 1. The lowest BCUT2D eigenvalue weighted by atomic mass is 10.0. The summed E-state index contributed by atoms with van der Waals surface area (Å²) in [5.41, 5.74) is -0.410. The fraction of sp³-hybridized carbons (Fsp3) is 0.917. The van der Waals surface area contributed by atoms with E-state index in [2.05, 4.69) is 10.6 Å². The summed E-state index contributed by atoms with van der Waals surface area (Å²) in [5.74, 6) is 0. The Balaban J connectivity index is 2.08. The molecule has 4 heteroatoms. The van der Waals surface area contributed by atoms with Crippen LogP contribution in [-0.2, 0) is 4.74 Å². The van der Waals surface area contributed by atoms with Gasteiger partial charge in [-0.1, -0.05) is 6.42 Å². The van der Waals surface area contributed by atoms with Crippen LogP contribution in [0.25, 0.3) is 0 Å². The summed E-state index contributed by atoms with van der Waals surface area (Å²) in [7, 11) is 0. The van der Waals surface area contributed by atoms with Crippen molar-refractivity contribution in [2.45, 2.75) is 58.1 Å². The molecule has 0 saturated carbocycles. The molecule has 2 N–H and O–H groups in total. The van der Waals surface area contributed by atoms with E-state index in [0.717, 1.165) is 13.0 Å². The van der Waals surface area contributed by atoms with Crippen molar-refractivity contribution < 1.29 is 9.53 Å². The van der Waals surface area contributed by atoms with Gasteiger partial charge in [-0.2, -0.15) is 0 Å². The highest BCUT2D eigenvalue weighted by Gasteiger charge is 2.16. The van der Waals surface area contributed by atoms with Crippen molar-refractivity contribution in [3.05, 3.63) is 0 Å². The van der Waals surface area contributed by atoms with Crippen molar-refractivity contribution in [1.82, 2.24) is 10.6 Å². The van der Waals surface area contributed by atoms with Crippen molar-refractivity contribution in [3.63, 3.8) is 0 Å². The lowest BCUT2D eigenvalue weighted by Gasteiger charge is -2.24. The zero-order valence-electron chi connectivity index (χ0n) is 10.6. The number of hydrogen-bond acceptors (Lipinski definition) is 3. The summed E-state index contributed by atoms with van der Waals surface area (Å²) in [6, 6.07) is 0.559. The smallest absolute Gasteiger partial charge is 0.407 e. The number of ether oxygens (including phenoxy) is 1. The van der Waals surface area contributed by atoms with E-state index in [1.54, 1.807) is 0 Å². The minimum atomic E-state index is -0.410. The van der Waals surface area contributed by atoms with Crippen LogP contribution in [0.4, 0.5) is 4.79 Å². The average Bonchev–Trinajstić information content (AvgIpc) is 2.16. The molecular weight excluding hydrogens is 204 g/mol. The Bertz CT molecular complexity index is 218. The Morgan fingerprint density at radius 2 is 2.19 bits per heavy atom. The van der Waals surface area contributed by atoms with Gasteiger partial charge in [0.2, 0.25) is 0 Å². The van der Waals surface area contributed by atoms with Gasteiger partial charge in [0.25, 0.3) is 0 Å². The van der Waals surface area contributed by atoms with E-state index < -0.39 is 5.60 Å². The van der Waals surface area contributed by atoms with Gasteiger partial charge >= 0.3 is 6.09 Å². The fourth-order valence-corrected chi connectivity index (χ4v) is 1.83. The molecule has 1 atom stereocenters. The molecule has 0 bridgehead atoms. The zero-order valence-corrected chi connectivity index (χ0v) is 10.6. The van der Waals surface area contributed by atoms with Crippen molar-refractivity contribution in [2.75, 3.05) is 13.1 Å². The number of nitrogens with one attached hydrogen (secondary N) is 2. The van der Waals surface area contributed by atoms with E-state index in [1.807, 2.05) is 20.8 Å². The normalized spacial score (nSPS) is 21.6. The molecule has 0 spiro atoms. The molecule has 0 aromatic carbocycles. The molecule has 0 radical (unpaired) electrons. The minimum Gasteiger partial charge on any atom is -0.444 e. The molecular formula is C12H24N2O2. The third kappa shape index (κ3) is 5.95. The van der Waals surface area contributed by atoms with Crippen molar-refractivity contribution in [1.29, 1.82) is 0 Å². The fourth-order valence-electron chi connectivity index (χ4n) is 1.83. The number of rotatable bonds is 3. The second kappa shape index (κ2) is 6.09.